The Balaban J connectivity index is 1.93. The van der Waals surface area contributed by atoms with Crippen molar-refractivity contribution in [3.05, 3.63) is 35.4 Å². The summed E-state index contributed by atoms with van der Waals surface area (Å²) in [5.41, 5.74) is 1.65. The molecule has 2 amide bonds. The minimum Gasteiger partial charge on any atom is -0.355 e. The molecular formula is C16H23N3O2. The molecule has 1 atom stereocenters. The van der Waals surface area contributed by atoms with Crippen molar-refractivity contribution in [1.29, 1.82) is 0 Å². The van der Waals surface area contributed by atoms with E-state index in [4.69, 9.17) is 0 Å². The molecule has 1 aliphatic rings. The standard InChI is InChI=1S/C16H23N3O2/c1-17-15(20)13-8-6-12(7-9-13)11-19(2)16(21)14-5-3-4-10-18-14/h6-9,14,18H,3-5,10-11H2,1-2H3,(H,17,20)/t14-/m0/s1. The van der Waals surface area contributed by atoms with Gasteiger partial charge in [-0.1, -0.05) is 18.6 Å². The van der Waals surface area contributed by atoms with E-state index < -0.39 is 0 Å². The Morgan fingerprint density at radius 3 is 2.57 bits per heavy atom. The van der Waals surface area contributed by atoms with Crippen molar-refractivity contribution in [2.24, 2.45) is 0 Å². The number of hydrogen-bond acceptors (Lipinski definition) is 3. The van der Waals surface area contributed by atoms with Crippen LogP contribution >= 0.6 is 0 Å². The molecule has 0 bridgehead atoms. The number of piperidine rings is 1. The van der Waals surface area contributed by atoms with E-state index in [1.165, 1.54) is 0 Å². The van der Waals surface area contributed by atoms with E-state index in [2.05, 4.69) is 10.6 Å². The fourth-order valence-electron chi connectivity index (χ4n) is 2.59. The molecular weight excluding hydrogens is 266 g/mol. The monoisotopic (exact) mass is 289 g/mol. The van der Waals surface area contributed by atoms with Crippen LogP contribution in [0, 0.1) is 0 Å². The lowest BCUT2D eigenvalue weighted by Gasteiger charge is -2.27. The number of likely N-dealkylation sites (N-methyl/N-ethyl adjacent to an activating group) is 1. The summed E-state index contributed by atoms with van der Waals surface area (Å²) >= 11 is 0. The number of amides is 2. The predicted molar refractivity (Wildman–Crippen MR) is 81.9 cm³/mol. The predicted octanol–water partition coefficient (Wildman–Crippen LogP) is 1.15. The maximum Gasteiger partial charge on any atom is 0.251 e. The van der Waals surface area contributed by atoms with Gasteiger partial charge in [0.2, 0.25) is 5.91 Å². The van der Waals surface area contributed by atoms with Crippen molar-refractivity contribution in [3.8, 4) is 0 Å². The Kier molecular flexibility index (Phi) is 5.33. The summed E-state index contributed by atoms with van der Waals surface area (Å²) < 4.78 is 0. The molecule has 1 aliphatic heterocycles. The summed E-state index contributed by atoms with van der Waals surface area (Å²) in [5.74, 6) is 0.0439. The van der Waals surface area contributed by atoms with Gasteiger partial charge in [-0.15, -0.1) is 0 Å². The van der Waals surface area contributed by atoms with Crippen molar-refractivity contribution in [1.82, 2.24) is 15.5 Å². The van der Waals surface area contributed by atoms with Gasteiger partial charge in [-0.25, -0.2) is 0 Å². The molecule has 0 spiro atoms. The highest BCUT2D eigenvalue weighted by Gasteiger charge is 2.23. The van der Waals surface area contributed by atoms with Gasteiger partial charge in [-0.2, -0.15) is 0 Å². The lowest BCUT2D eigenvalue weighted by Crippen LogP contribution is -2.46. The summed E-state index contributed by atoms with van der Waals surface area (Å²) in [6.45, 7) is 1.48. The van der Waals surface area contributed by atoms with Gasteiger partial charge in [-0.05, 0) is 37.1 Å². The molecule has 1 aromatic carbocycles. The summed E-state index contributed by atoms with van der Waals surface area (Å²) in [4.78, 5) is 25.5. The topological polar surface area (TPSA) is 61.4 Å². The minimum absolute atomic E-state index is 0.0473. The normalized spacial score (nSPS) is 18.1. The summed E-state index contributed by atoms with van der Waals surface area (Å²) in [6, 6.07) is 7.30. The number of carbonyl (C=O) groups excluding carboxylic acids is 2. The van der Waals surface area contributed by atoms with Gasteiger partial charge in [0.05, 0.1) is 6.04 Å². The van der Waals surface area contributed by atoms with Crippen LogP contribution < -0.4 is 10.6 Å². The molecule has 2 N–H and O–H groups in total. The van der Waals surface area contributed by atoms with E-state index in [0.717, 1.165) is 31.4 Å². The number of rotatable bonds is 4. The zero-order valence-electron chi connectivity index (χ0n) is 12.7. The first-order chi connectivity index (χ1) is 10.1. The first-order valence-corrected chi connectivity index (χ1v) is 7.41. The Hall–Kier alpha value is -1.88. The highest BCUT2D eigenvalue weighted by Crippen LogP contribution is 2.12. The maximum atomic E-state index is 12.3. The molecule has 5 nitrogen and oxygen atoms in total. The van der Waals surface area contributed by atoms with Crippen LogP contribution in [-0.4, -0.2) is 43.4 Å². The number of carbonyl (C=O) groups is 2. The number of nitrogens with zero attached hydrogens (tertiary/aromatic N) is 1. The lowest BCUT2D eigenvalue weighted by atomic mass is 10.0. The van der Waals surface area contributed by atoms with Gasteiger partial charge in [0.15, 0.2) is 0 Å². The van der Waals surface area contributed by atoms with Gasteiger partial charge in [-0.3, -0.25) is 9.59 Å². The van der Waals surface area contributed by atoms with Crippen LogP contribution in [-0.2, 0) is 11.3 Å². The maximum absolute atomic E-state index is 12.3. The van der Waals surface area contributed by atoms with Crippen molar-refractivity contribution < 1.29 is 9.59 Å². The number of hydrogen-bond donors (Lipinski definition) is 2. The smallest absolute Gasteiger partial charge is 0.251 e. The quantitative estimate of drug-likeness (QED) is 0.874. The fourth-order valence-corrected chi connectivity index (χ4v) is 2.59. The molecule has 0 aromatic heterocycles. The Labute approximate surface area is 125 Å². The number of benzene rings is 1. The fraction of sp³-hybridized carbons (Fsp3) is 0.500. The van der Waals surface area contributed by atoms with E-state index in [9.17, 15) is 9.59 Å². The summed E-state index contributed by atoms with van der Waals surface area (Å²) in [7, 11) is 3.44. The van der Waals surface area contributed by atoms with Gasteiger partial charge in [0.1, 0.15) is 0 Å². The molecule has 114 valence electrons. The van der Waals surface area contributed by atoms with Crippen molar-refractivity contribution >= 4 is 11.8 Å². The molecule has 0 saturated carbocycles. The Morgan fingerprint density at radius 2 is 2.00 bits per heavy atom. The SMILES string of the molecule is CNC(=O)c1ccc(CN(C)C(=O)[C@@H]2CCCCN2)cc1. The molecule has 0 unspecified atom stereocenters. The first kappa shape index (κ1) is 15.5. The largest absolute Gasteiger partial charge is 0.355 e. The van der Waals surface area contributed by atoms with Gasteiger partial charge in [0, 0.05) is 26.2 Å². The van der Waals surface area contributed by atoms with Crippen molar-refractivity contribution in [2.75, 3.05) is 20.6 Å². The van der Waals surface area contributed by atoms with Crippen molar-refractivity contribution in [2.45, 2.75) is 31.8 Å². The third-order valence-corrected chi connectivity index (χ3v) is 3.85. The highest BCUT2D eigenvalue weighted by molar-refractivity contribution is 5.93. The Morgan fingerprint density at radius 1 is 1.29 bits per heavy atom. The Bertz CT molecular complexity index is 493. The van der Waals surface area contributed by atoms with Crippen LogP contribution in [0.25, 0.3) is 0 Å². The van der Waals surface area contributed by atoms with Crippen LogP contribution in [0.15, 0.2) is 24.3 Å². The van der Waals surface area contributed by atoms with Gasteiger partial charge in [0.25, 0.3) is 5.91 Å². The molecule has 1 aromatic rings. The lowest BCUT2D eigenvalue weighted by molar-refractivity contribution is -0.133. The molecule has 21 heavy (non-hydrogen) atoms. The zero-order chi connectivity index (χ0) is 15.2. The molecule has 1 heterocycles. The van der Waals surface area contributed by atoms with Gasteiger partial charge >= 0.3 is 0 Å². The minimum atomic E-state index is -0.0996. The second-order valence-corrected chi connectivity index (χ2v) is 5.47. The second kappa shape index (κ2) is 7.22. The van der Waals surface area contributed by atoms with Crippen LogP contribution in [0.4, 0.5) is 0 Å². The van der Waals surface area contributed by atoms with Gasteiger partial charge < -0.3 is 15.5 Å². The second-order valence-electron chi connectivity index (χ2n) is 5.47. The molecule has 1 saturated heterocycles. The molecule has 0 radical (unpaired) electrons. The summed E-state index contributed by atoms with van der Waals surface area (Å²) in [6.07, 6.45) is 3.17. The van der Waals surface area contributed by atoms with E-state index in [0.29, 0.717) is 12.1 Å². The van der Waals surface area contributed by atoms with Crippen LogP contribution in [0.2, 0.25) is 0 Å². The average molecular weight is 289 g/mol. The summed E-state index contributed by atoms with van der Waals surface area (Å²) in [5, 5.41) is 5.86. The average Bonchev–Trinajstić information content (AvgIpc) is 2.55. The van der Waals surface area contributed by atoms with Crippen LogP contribution in [0.5, 0.6) is 0 Å². The molecule has 1 fully saturated rings. The van der Waals surface area contributed by atoms with Crippen LogP contribution in [0.3, 0.4) is 0 Å². The number of nitrogens with one attached hydrogen (secondary N) is 2. The van der Waals surface area contributed by atoms with E-state index in [1.807, 2.05) is 19.2 Å². The molecule has 0 aliphatic carbocycles. The van der Waals surface area contributed by atoms with Crippen molar-refractivity contribution in [3.63, 3.8) is 0 Å². The third kappa shape index (κ3) is 4.04. The van der Waals surface area contributed by atoms with E-state index in [1.54, 1.807) is 24.1 Å². The zero-order valence-corrected chi connectivity index (χ0v) is 12.7. The first-order valence-electron chi connectivity index (χ1n) is 7.41. The third-order valence-electron chi connectivity index (χ3n) is 3.85. The van der Waals surface area contributed by atoms with E-state index >= 15 is 0 Å². The molecule has 2 rings (SSSR count). The van der Waals surface area contributed by atoms with Crippen LogP contribution in [0.1, 0.15) is 35.2 Å². The van der Waals surface area contributed by atoms with E-state index in [-0.39, 0.29) is 17.9 Å². The molecule has 5 heteroatoms. The highest BCUT2D eigenvalue weighted by atomic mass is 16.2.